The number of nitrogens with zero attached hydrogens (tertiary/aromatic N) is 3. The number of para-hydroxylation sites is 1. The maximum atomic E-state index is 12.8. The second kappa shape index (κ2) is 8.12. The minimum absolute atomic E-state index is 0.0355. The molecule has 2 aromatic heterocycles. The molecule has 0 amide bonds. The summed E-state index contributed by atoms with van der Waals surface area (Å²) < 4.78 is 1.67. The van der Waals surface area contributed by atoms with E-state index in [1.165, 1.54) is 17.3 Å². The topological polar surface area (TPSA) is 47.8 Å². The number of aryl methyl sites for hydroxylation is 1. The van der Waals surface area contributed by atoms with Gasteiger partial charge in [0.2, 0.25) is 0 Å². The normalized spacial score (nSPS) is 11.0. The number of rotatable bonds is 6. The molecule has 0 saturated carbocycles. The van der Waals surface area contributed by atoms with E-state index in [0.717, 1.165) is 16.3 Å². The summed E-state index contributed by atoms with van der Waals surface area (Å²) in [5.74, 6) is 0.657. The molecule has 0 unspecified atom stereocenters. The Bertz CT molecular complexity index is 1190. The van der Waals surface area contributed by atoms with Crippen LogP contribution in [0.4, 0.5) is 0 Å². The van der Waals surface area contributed by atoms with Gasteiger partial charge in [-0.3, -0.25) is 9.36 Å². The number of fused-ring (bicyclic) bond motifs is 1. The van der Waals surface area contributed by atoms with Crippen molar-refractivity contribution in [3.63, 3.8) is 0 Å². The molecule has 28 heavy (non-hydrogen) atoms. The van der Waals surface area contributed by atoms with Crippen molar-refractivity contribution < 1.29 is 0 Å². The minimum atomic E-state index is -0.0355. The highest BCUT2D eigenvalue weighted by Crippen LogP contribution is 2.28. The monoisotopic (exact) mass is 405 g/mol. The molecule has 4 aromatic rings. The summed E-state index contributed by atoms with van der Waals surface area (Å²) in [6, 6.07) is 15.8. The lowest BCUT2D eigenvalue weighted by molar-refractivity contribution is 0.671. The van der Waals surface area contributed by atoms with E-state index in [1.807, 2.05) is 24.3 Å². The highest BCUT2D eigenvalue weighted by Gasteiger charge is 2.12. The molecule has 4 nitrogen and oxygen atoms in total. The van der Waals surface area contributed by atoms with Crippen molar-refractivity contribution in [1.29, 1.82) is 0 Å². The van der Waals surface area contributed by atoms with Crippen molar-refractivity contribution in [2.24, 2.45) is 0 Å². The Morgan fingerprint density at radius 2 is 1.93 bits per heavy atom. The van der Waals surface area contributed by atoms with Crippen LogP contribution in [-0.4, -0.2) is 14.5 Å². The number of hydrogen-bond acceptors (Lipinski definition) is 5. The molecule has 2 aromatic carbocycles. The zero-order valence-corrected chi connectivity index (χ0v) is 17.1. The van der Waals surface area contributed by atoms with Crippen molar-refractivity contribution in [3.8, 4) is 10.6 Å². The van der Waals surface area contributed by atoms with Gasteiger partial charge in [-0.15, -0.1) is 17.9 Å². The van der Waals surface area contributed by atoms with E-state index in [4.69, 9.17) is 9.97 Å². The first-order chi connectivity index (χ1) is 13.7. The quantitative estimate of drug-likeness (QED) is 0.248. The molecule has 4 rings (SSSR count). The lowest BCUT2D eigenvalue weighted by Crippen LogP contribution is -2.22. The van der Waals surface area contributed by atoms with Crippen LogP contribution in [0.3, 0.4) is 0 Å². The largest absolute Gasteiger partial charge is 0.283 e. The van der Waals surface area contributed by atoms with E-state index in [-0.39, 0.29) is 5.56 Å². The van der Waals surface area contributed by atoms with Crippen LogP contribution >= 0.6 is 23.1 Å². The van der Waals surface area contributed by atoms with E-state index in [9.17, 15) is 4.79 Å². The Labute approximate surface area is 171 Å². The zero-order valence-electron chi connectivity index (χ0n) is 15.5. The number of hydrogen-bond donors (Lipinski definition) is 0. The smallest absolute Gasteiger partial charge is 0.262 e. The fourth-order valence-electron chi connectivity index (χ4n) is 2.89. The maximum absolute atomic E-state index is 12.8. The first kappa shape index (κ1) is 18.7. The predicted octanol–water partition coefficient (Wildman–Crippen LogP) is 5.31. The van der Waals surface area contributed by atoms with Crippen molar-refractivity contribution >= 4 is 34.0 Å². The van der Waals surface area contributed by atoms with Crippen molar-refractivity contribution in [2.75, 3.05) is 0 Å². The van der Waals surface area contributed by atoms with Gasteiger partial charge in [0.15, 0.2) is 5.16 Å². The summed E-state index contributed by atoms with van der Waals surface area (Å²) in [6.07, 6.45) is 1.72. The summed E-state index contributed by atoms with van der Waals surface area (Å²) in [5.41, 5.74) is 4.02. The van der Waals surface area contributed by atoms with Gasteiger partial charge >= 0.3 is 0 Å². The van der Waals surface area contributed by atoms with E-state index in [2.05, 4.69) is 43.1 Å². The van der Waals surface area contributed by atoms with Gasteiger partial charge in [-0.2, -0.15) is 0 Å². The van der Waals surface area contributed by atoms with E-state index >= 15 is 0 Å². The Balaban J connectivity index is 1.60. The second-order valence-electron chi connectivity index (χ2n) is 6.41. The van der Waals surface area contributed by atoms with Crippen LogP contribution in [0.25, 0.3) is 21.5 Å². The molecule has 0 aliphatic carbocycles. The molecule has 0 aliphatic rings. The molecule has 0 fully saturated rings. The van der Waals surface area contributed by atoms with Gasteiger partial charge in [0.1, 0.15) is 5.01 Å². The first-order valence-corrected chi connectivity index (χ1v) is 10.8. The number of thioether (sulfide) groups is 1. The molecule has 0 aliphatic heterocycles. The lowest BCUT2D eigenvalue weighted by atomic mass is 10.2. The Morgan fingerprint density at radius 1 is 1.14 bits per heavy atom. The summed E-state index contributed by atoms with van der Waals surface area (Å²) in [5, 5.41) is 4.39. The predicted molar refractivity (Wildman–Crippen MR) is 118 cm³/mol. The Hall–Kier alpha value is -2.70. The molecule has 0 bridgehead atoms. The van der Waals surface area contributed by atoms with Gasteiger partial charge in [-0.1, -0.05) is 59.8 Å². The summed E-state index contributed by atoms with van der Waals surface area (Å²) in [6.45, 7) is 6.28. The molecular formula is C22H19N3OS2. The number of benzene rings is 2. The van der Waals surface area contributed by atoms with Crippen molar-refractivity contribution in [3.05, 3.63) is 88.2 Å². The number of aromatic nitrogens is 3. The molecule has 0 N–H and O–H groups in total. The summed E-state index contributed by atoms with van der Waals surface area (Å²) >= 11 is 3.16. The van der Waals surface area contributed by atoms with Gasteiger partial charge in [0.25, 0.3) is 5.56 Å². The van der Waals surface area contributed by atoms with E-state index in [0.29, 0.717) is 28.4 Å². The maximum Gasteiger partial charge on any atom is 0.262 e. The SMILES string of the molecule is C=CCn1c(SCc2csc(-c3ccc(C)cc3)n2)nc2ccccc2c1=O. The second-order valence-corrected chi connectivity index (χ2v) is 8.22. The average Bonchev–Trinajstić information content (AvgIpc) is 3.18. The van der Waals surface area contributed by atoms with Crippen LogP contribution in [0, 0.1) is 6.92 Å². The van der Waals surface area contributed by atoms with Gasteiger partial charge in [-0.05, 0) is 19.1 Å². The number of thiazole rings is 1. The minimum Gasteiger partial charge on any atom is -0.283 e. The fourth-order valence-corrected chi connectivity index (χ4v) is 4.72. The molecule has 0 radical (unpaired) electrons. The lowest BCUT2D eigenvalue weighted by Gasteiger charge is -2.10. The molecular weight excluding hydrogens is 386 g/mol. The van der Waals surface area contributed by atoms with Crippen LogP contribution in [0.2, 0.25) is 0 Å². The van der Waals surface area contributed by atoms with Crippen LogP contribution in [-0.2, 0) is 12.3 Å². The fraction of sp³-hybridized carbons (Fsp3) is 0.136. The molecule has 2 heterocycles. The average molecular weight is 406 g/mol. The van der Waals surface area contributed by atoms with Crippen LogP contribution < -0.4 is 5.56 Å². The van der Waals surface area contributed by atoms with E-state index in [1.54, 1.807) is 22.0 Å². The van der Waals surface area contributed by atoms with Gasteiger partial charge in [0, 0.05) is 23.2 Å². The Kier molecular flexibility index (Phi) is 5.41. The highest BCUT2D eigenvalue weighted by molar-refractivity contribution is 7.98. The number of allylic oxidation sites excluding steroid dienone is 1. The third-order valence-electron chi connectivity index (χ3n) is 4.34. The molecule has 6 heteroatoms. The van der Waals surface area contributed by atoms with Crippen LogP contribution in [0.5, 0.6) is 0 Å². The molecule has 0 saturated heterocycles. The summed E-state index contributed by atoms with van der Waals surface area (Å²) in [7, 11) is 0. The Morgan fingerprint density at radius 3 is 2.71 bits per heavy atom. The van der Waals surface area contributed by atoms with Crippen molar-refractivity contribution in [1.82, 2.24) is 14.5 Å². The summed E-state index contributed by atoms with van der Waals surface area (Å²) in [4.78, 5) is 22.3. The van der Waals surface area contributed by atoms with E-state index < -0.39 is 0 Å². The zero-order chi connectivity index (χ0) is 19.5. The van der Waals surface area contributed by atoms with Gasteiger partial charge in [0.05, 0.1) is 16.6 Å². The standard InChI is InChI=1S/C22H19N3OS2/c1-3-12-25-21(26)18-6-4-5-7-19(18)24-22(25)28-14-17-13-27-20(23-17)16-10-8-15(2)9-11-16/h3-11,13H,1,12,14H2,2H3. The van der Waals surface area contributed by atoms with Crippen LogP contribution in [0.15, 0.2) is 76.5 Å². The first-order valence-electron chi connectivity index (χ1n) is 8.90. The highest BCUT2D eigenvalue weighted by atomic mass is 32.2. The third-order valence-corrected chi connectivity index (χ3v) is 6.29. The van der Waals surface area contributed by atoms with Crippen LogP contribution in [0.1, 0.15) is 11.3 Å². The molecule has 0 spiro atoms. The molecule has 0 atom stereocenters. The third kappa shape index (κ3) is 3.79. The van der Waals surface area contributed by atoms with Crippen molar-refractivity contribution in [2.45, 2.75) is 24.4 Å². The van der Waals surface area contributed by atoms with Gasteiger partial charge < -0.3 is 0 Å². The molecule has 140 valence electrons. The van der Waals surface area contributed by atoms with Gasteiger partial charge in [-0.25, -0.2) is 9.97 Å².